The lowest BCUT2D eigenvalue weighted by atomic mass is 10.1. The quantitative estimate of drug-likeness (QED) is 0.886. The van der Waals surface area contributed by atoms with Crippen LogP contribution in [0.2, 0.25) is 0 Å². The number of nitrogens with one attached hydrogen (secondary N) is 1. The second-order valence-electron chi connectivity index (χ2n) is 4.83. The fraction of sp³-hybridized carbons (Fsp3) is 0.400. The van der Waals surface area contributed by atoms with Crippen LogP contribution in [0.5, 0.6) is 0 Å². The van der Waals surface area contributed by atoms with Crippen LogP contribution in [0.3, 0.4) is 0 Å². The Kier molecular flexibility index (Phi) is 4.94. The Hall–Kier alpha value is -1.20. The molecule has 20 heavy (non-hydrogen) atoms. The standard InChI is InChI=1S/C15H20N2OS2/c1-4-19-8-10(3)17-15(18)14-12(16)11-7-5-6-9(2)13(11)20-14/h5-7,10H,4,8,16H2,1-3H3,(H,17,18). The van der Waals surface area contributed by atoms with E-state index in [0.717, 1.165) is 27.2 Å². The van der Waals surface area contributed by atoms with Crippen molar-refractivity contribution in [3.05, 3.63) is 28.6 Å². The molecule has 1 unspecified atom stereocenters. The lowest BCUT2D eigenvalue weighted by Crippen LogP contribution is -2.34. The van der Waals surface area contributed by atoms with Crippen molar-refractivity contribution >= 4 is 44.8 Å². The normalized spacial score (nSPS) is 12.6. The van der Waals surface area contributed by atoms with Crippen LogP contribution in [0.25, 0.3) is 10.1 Å². The molecular formula is C15H20N2OS2. The topological polar surface area (TPSA) is 55.1 Å². The summed E-state index contributed by atoms with van der Waals surface area (Å²) in [6.45, 7) is 6.18. The van der Waals surface area contributed by atoms with Gasteiger partial charge in [-0.1, -0.05) is 25.1 Å². The summed E-state index contributed by atoms with van der Waals surface area (Å²) in [6, 6.07) is 6.14. The first-order chi connectivity index (χ1) is 9.54. The number of benzene rings is 1. The molecule has 3 nitrogen and oxygen atoms in total. The zero-order valence-corrected chi connectivity index (χ0v) is 13.7. The Balaban J connectivity index is 2.22. The van der Waals surface area contributed by atoms with E-state index in [4.69, 9.17) is 5.73 Å². The van der Waals surface area contributed by atoms with E-state index < -0.39 is 0 Å². The number of rotatable bonds is 5. The average Bonchev–Trinajstić information content (AvgIpc) is 2.76. The predicted octanol–water partition coefficient (Wildman–Crippen LogP) is 3.66. The number of hydrogen-bond donors (Lipinski definition) is 2. The summed E-state index contributed by atoms with van der Waals surface area (Å²) in [5.41, 5.74) is 7.89. The number of nitrogen functional groups attached to an aromatic ring is 1. The fourth-order valence-electron chi connectivity index (χ4n) is 2.07. The summed E-state index contributed by atoms with van der Waals surface area (Å²) < 4.78 is 1.10. The molecule has 5 heteroatoms. The van der Waals surface area contributed by atoms with Crippen molar-refractivity contribution in [2.75, 3.05) is 17.2 Å². The molecule has 1 amide bonds. The first kappa shape index (κ1) is 15.2. The molecule has 0 saturated heterocycles. The molecule has 0 radical (unpaired) electrons. The minimum absolute atomic E-state index is 0.0627. The molecule has 1 atom stereocenters. The van der Waals surface area contributed by atoms with E-state index in [1.165, 1.54) is 11.3 Å². The summed E-state index contributed by atoms with van der Waals surface area (Å²) in [6.07, 6.45) is 0. The number of thioether (sulfide) groups is 1. The zero-order chi connectivity index (χ0) is 14.7. The highest BCUT2D eigenvalue weighted by Crippen LogP contribution is 2.35. The van der Waals surface area contributed by atoms with Gasteiger partial charge in [0, 0.05) is 21.9 Å². The van der Waals surface area contributed by atoms with Crippen LogP contribution in [-0.4, -0.2) is 23.5 Å². The zero-order valence-electron chi connectivity index (χ0n) is 12.0. The first-order valence-electron chi connectivity index (χ1n) is 6.70. The smallest absolute Gasteiger partial charge is 0.263 e. The molecular weight excluding hydrogens is 288 g/mol. The van der Waals surface area contributed by atoms with Crippen molar-refractivity contribution in [3.63, 3.8) is 0 Å². The highest BCUT2D eigenvalue weighted by atomic mass is 32.2. The number of hydrogen-bond acceptors (Lipinski definition) is 4. The summed E-state index contributed by atoms with van der Waals surface area (Å²) in [5.74, 6) is 1.92. The van der Waals surface area contributed by atoms with E-state index in [2.05, 4.69) is 12.2 Å². The maximum absolute atomic E-state index is 12.3. The van der Waals surface area contributed by atoms with Crippen LogP contribution in [-0.2, 0) is 0 Å². The average molecular weight is 308 g/mol. The van der Waals surface area contributed by atoms with Gasteiger partial charge in [-0.2, -0.15) is 11.8 Å². The molecule has 0 saturated carbocycles. The summed E-state index contributed by atoms with van der Waals surface area (Å²) >= 11 is 3.30. The molecule has 1 aromatic carbocycles. The SMILES string of the molecule is CCSCC(C)NC(=O)c1sc2c(C)cccc2c1N. The maximum atomic E-state index is 12.3. The van der Waals surface area contributed by atoms with Gasteiger partial charge in [-0.25, -0.2) is 0 Å². The van der Waals surface area contributed by atoms with Crippen molar-refractivity contribution in [1.82, 2.24) is 5.32 Å². The third-order valence-electron chi connectivity index (χ3n) is 3.11. The van der Waals surface area contributed by atoms with E-state index >= 15 is 0 Å². The predicted molar refractivity (Wildman–Crippen MR) is 90.9 cm³/mol. The number of nitrogens with two attached hydrogens (primary N) is 1. The summed E-state index contributed by atoms with van der Waals surface area (Å²) in [7, 11) is 0. The Morgan fingerprint density at radius 2 is 2.25 bits per heavy atom. The first-order valence-corrected chi connectivity index (χ1v) is 8.67. The van der Waals surface area contributed by atoms with Crippen molar-refractivity contribution in [2.45, 2.75) is 26.8 Å². The molecule has 0 aliphatic rings. The van der Waals surface area contributed by atoms with Gasteiger partial charge in [0.25, 0.3) is 5.91 Å². The Bertz CT molecular complexity index is 622. The fourth-order valence-corrected chi connectivity index (χ4v) is 3.84. The number of thiophene rings is 1. The van der Waals surface area contributed by atoms with Crippen LogP contribution >= 0.6 is 23.1 Å². The molecule has 0 spiro atoms. The lowest BCUT2D eigenvalue weighted by Gasteiger charge is -2.12. The molecule has 0 aliphatic heterocycles. The number of carbonyl (C=O) groups excluding carboxylic acids is 1. The second kappa shape index (κ2) is 6.50. The van der Waals surface area contributed by atoms with E-state index in [0.29, 0.717) is 10.6 Å². The monoisotopic (exact) mass is 308 g/mol. The van der Waals surface area contributed by atoms with Crippen LogP contribution in [0.15, 0.2) is 18.2 Å². The summed E-state index contributed by atoms with van der Waals surface area (Å²) in [5, 5.41) is 4.01. The van der Waals surface area contributed by atoms with Crippen LogP contribution in [0, 0.1) is 6.92 Å². The Morgan fingerprint density at radius 3 is 2.90 bits per heavy atom. The van der Waals surface area contributed by atoms with Crippen molar-refractivity contribution in [1.29, 1.82) is 0 Å². The molecule has 0 fully saturated rings. The van der Waals surface area contributed by atoms with Gasteiger partial charge in [0.05, 0.1) is 5.69 Å². The van der Waals surface area contributed by atoms with Crippen LogP contribution in [0.1, 0.15) is 29.1 Å². The van der Waals surface area contributed by atoms with Gasteiger partial charge in [-0.3, -0.25) is 4.79 Å². The Labute approximate surface area is 127 Å². The van der Waals surface area contributed by atoms with E-state index in [-0.39, 0.29) is 11.9 Å². The van der Waals surface area contributed by atoms with E-state index in [9.17, 15) is 4.79 Å². The van der Waals surface area contributed by atoms with Gasteiger partial charge in [0.15, 0.2) is 0 Å². The lowest BCUT2D eigenvalue weighted by molar-refractivity contribution is 0.0948. The van der Waals surface area contributed by atoms with Crippen molar-refractivity contribution in [2.24, 2.45) is 0 Å². The van der Waals surface area contributed by atoms with Gasteiger partial charge in [0.2, 0.25) is 0 Å². The van der Waals surface area contributed by atoms with Crippen molar-refractivity contribution < 1.29 is 4.79 Å². The molecule has 108 valence electrons. The van der Waals surface area contributed by atoms with Gasteiger partial charge in [-0.05, 0) is 25.2 Å². The molecule has 2 aromatic rings. The van der Waals surface area contributed by atoms with Gasteiger partial charge >= 0.3 is 0 Å². The maximum Gasteiger partial charge on any atom is 0.263 e. The number of aryl methyl sites for hydroxylation is 1. The molecule has 2 rings (SSSR count). The largest absolute Gasteiger partial charge is 0.397 e. The minimum atomic E-state index is -0.0627. The Morgan fingerprint density at radius 1 is 1.50 bits per heavy atom. The molecule has 3 N–H and O–H groups in total. The minimum Gasteiger partial charge on any atom is -0.397 e. The van der Waals surface area contributed by atoms with Crippen LogP contribution < -0.4 is 11.1 Å². The van der Waals surface area contributed by atoms with Crippen molar-refractivity contribution in [3.8, 4) is 0 Å². The highest BCUT2D eigenvalue weighted by Gasteiger charge is 2.18. The van der Waals surface area contributed by atoms with E-state index in [1.807, 2.05) is 43.8 Å². The van der Waals surface area contributed by atoms with Gasteiger partial charge in [0.1, 0.15) is 4.88 Å². The third-order valence-corrected chi connectivity index (χ3v) is 5.61. The molecule has 1 aromatic heterocycles. The molecule has 0 aliphatic carbocycles. The number of amides is 1. The third kappa shape index (κ3) is 3.10. The highest BCUT2D eigenvalue weighted by molar-refractivity contribution is 7.99. The number of carbonyl (C=O) groups is 1. The van der Waals surface area contributed by atoms with Gasteiger partial charge in [-0.15, -0.1) is 11.3 Å². The van der Waals surface area contributed by atoms with Crippen LogP contribution in [0.4, 0.5) is 5.69 Å². The molecule has 0 bridgehead atoms. The second-order valence-corrected chi connectivity index (χ2v) is 7.17. The molecule has 1 heterocycles. The van der Waals surface area contributed by atoms with E-state index in [1.54, 1.807) is 0 Å². The van der Waals surface area contributed by atoms with Gasteiger partial charge < -0.3 is 11.1 Å². The summed E-state index contributed by atoms with van der Waals surface area (Å²) in [4.78, 5) is 13.0. The number of fused-ring (bicyclic) bond motifs is 1. The number of anilines is 1.